The zero-order valence-corrected chi connectivity index (χ0v) is 18.7. The maximum atomic E-state index is 12.7. The first kappa shape index (κ1) is 25.0. The fraction of sp³-hybridized carbons (Fsp3) is 0.545. The number of carbonyl (C=O) groups is 4. The van der Waals surface area contributed by atoms with Gasteiger partial charge in [-0.15, -0.1) is 0 Å². The molecule has 1 fully saturated rings. The Bertz CT molecular complexity index is 817. The minimum absolute atomic E-state index is 0.0814. The van der Waals surface area contributed by atoms with Gasteiger partial charge in [-0.05, 0) is 39.2 Å². The van der Waals surface area contributed by atoms with Gasteiger partial charge in [-0.2, -0.15) is 0 Å². The highest BCUT2D eigenvalue weighted by Gasteiger charge is 2.44. The van der Waals surface area contributed by atoms with Crippen LogP contribution in [0.25, 0.3) is 0 Å². The molecule has 0 bridgehead atoms. The predicted octanol–water partition coefficient (Wildman–Crippen LogP) is 2.27. The van der Waals surface area contributed by atoms with Crippen molar-refractivity contribution >= 4 is 24.1 Å². The summed E-state index contributed by atoms with van der Waals surface area (Å²) in [7, 11) is 0. The Hall–Kier alpha value is -3.30. The molecule has 1 atom stereocenters. The van der Waals surface area contributed by atoms with Gasteiger partial charge in [0.25, 0.3) is 0 Å². The monoisotopic (exact) mass is 449 g/mol. The van der Waals surface area contributed by atoms with Crippen LogP contribution in [0.15, 0.2) is 30.3 Å². The maximum Gasteiger partial charge on any atom is 0.408 e. The van der Waals surface area contributed by atoms with Crippen LogP contribution in [0.2, 0.25) is 0 Å². The molecule has 0 aromatic heterocycles. The van der Waals surface area contributed by atoms with Crippen molar-refractivity contribution in [2.75, 3.05) is 19.6 Å². The second kappa shape index (κ2) is 10.8. The first-order valence-corrected chi connectivity index (χ1v) is 10.5. The maximum absolute atomic E-state index is 12.7. The number of nitrogens with one attached hydrogen (secondary N) is 2. The molecule has 0 aliphatic carbocycles. The summed E-state index contributed by atoms with van der Waals surface area (Å²) in [6, 6.07) is 8.86. The molecule has 1 heterocycles. The Morgan fingerprint density at radius 3 is 2.22 bits per heavy atom. The van der Waals surface area contributed by atoms with Crippen molar-refractivity contribution in [3.05, 3.63) is 35.9 Å². The van der Waals surface area contributed by atoms with E-state index in [1.54, 1.807) is 49.9 Å². The van der Waals surface area contributed by atoms with Crippen molar-refractivity contribution in [3.8, 4) is 0 Å². The number of benzene rings is 1. The molecule has 0 spiro atoms. The Labute approximate surface area is 187 Å². The van der Waals surface area contributed by atoms with Gasteiger partial charge < -0.3 is 30.1 Å². The molecule has 1 saturated heterocycles. The lowest BCUT2D eigenvalue weighted by molar-refractivity contribution is -0.148. The normalized spacial score (nSPS) is 15.4. The first-order valence-electron chi connectivity index (χ1n) is 10.5. The van der Waals surface area contributed by atoms with Crippen molar-refractivity contribution in [2.45, 2.75) is 57.8 Å². The number of nitrogens with zero attached hydrogens (tertiary/aromatic N) is 1. The van der Waals surface area contributed by atoms with Crippen molar-refractivity contribution < 1.29 is 33.8 Å². The number of ether oxygens (including phenoxy) is 2. The lowest BCUT2D eigenvalue weighted by Gasteiger charge is -2.31. The first-order chi connectivity index (χ1) is 15.0. The highest BCUT2D eigenvalue weighted by Crippen LogP contribution is 2.18. The van der Waals surface area contributed by atoms with Gasteiger partial charge in [-0.1, -0.05) is 30.3 Å². The molecule has 0 saturated carbocycles. The van der Waals surface area contributed by atoms with Crippen LogP contribution in [-0.4, -0.2) is 64.8 Å². The fourth-order valence-corrected chi connectivity index (χ4v) is 3.18. The quantitative estimate of drug-likeness (QED) is 0.554. The van der Waals surface area contributed by atoms with E-state index >= 15 is 0 Å². The van der Waals surface area contributed by atoms with Crippen LogP contribution in [0.1, 0.15) is 45.6 Å². The van der Waals surface area contributed by atoms with Crippen LogP contribution < -0.4 is 10.6 Å². The standard InChI is InChI=1S/C22H31N3O7/c1-21(2,3)32-19(29)23-15-22(18(27)28,13-17(26)25-11-7-8-12-25)24-20(30)31-14-16-9-5-4-6-10-16/h4-6,9-10H,7-8,11-15H2,1-3H3,(H,23,29)(H,24,30)(H,27,28)/t22-/m1/s1. The lowest BCUT2D eigenvalue weighted by atomic mass is 9.94. The van der Waals surface area contributed by atoms with Gasteiger partial charge in [0, 0.05) is 13.1 Å². The second-order valence-electron chi connectivity index (χ2n) is 8.69. The third kappa shape index (κ3) is 7.75. The van der Waals surface area contributed by atoms with E-state index in [1.807, 2.05) is 6.07 Å². The molecule has 3 N–H and O–H groups in total. The zero-order valence-electron chi connectivity index (χ0n) is 18.7. The van der Waals surface area contributed by atoms with Crippen molar-refractivity contribution in [3.63, 3.8) is 0 Å². The van der Waals surface area contributed by atoms with E-state index in [9.17, 15) is 24.3 Å². The summed E-state index contributed by atoms with van der Waals surface area (Å²) in [5, 5.41) is 14.6. The van der Waals surface area contributed by atoms with E-state index in [1.165, 1.54) is 0 Å². The topological polar surface area (TPSA) is 134 Å². The Balaban J connectivity index is 2.13. The lowest BCUT2D eigenvalue weighted by Crippen LogP contribution is -2.62. The summed E-state index contributed by atoms with van der Waals surface area (Å²) in [4.78, 5) is 51.1. The number of carboxylic acid groups (broad SMARTS) is 1. The molecule has 1 aliphatic rings. The average Bonchev–Trinajstić information content (AvgIpc) is 3.25. The molecule has 3 amide bonds. The van der Waals surface area contributed by atoms with Crippen LogP contribution in [0.4, 0.5) is 9.59 Å². The van der Waals surface area contributed by atoms with Crippen LogP contribution >= 0.6 is 0 Å². The van der Waals surface area contributed by atoms with Gasteiger partial charge in [0.05, 0.1) is 13.0 Å². The van der Waals surface area contributed by atoms with Crippen LogP contribution in [-0.2, 0) is 25.7 Å². The molecule has 1 aromatic rings. The number of likely N-dealkylation sites (tertiary alicyclic amines) is 1. The molecule has 0 radical (unpaired) electrons. The highest BCUT2D eigenvalue weighted by atomic mass is 16.6. The Morgan fingerprint density at radius 1 is 1.03 bits per heavy atom. The number of amides is 3. The molecule has 2 rings (SSSR count). The van der Waals surface area contributed by atoms with Gasteiger partial charge in [0.15, 0.2) is 5.54 Å². The molecule has 32 heavy (non-hydrogen) atoms. The minimum atomic E-state index is -2.11. The van der Waals surface area contributed by atoms with Crippen molar-refractivity contribution in [1.82, 2.24) is 15.5 Å². The van der Waals surface area contributed by atoms with E-state index in [0.29, 0.717) is 18.7 Å². The zero-order chi connectivity index (χ0) is 23.8. The Kier molecular flexibility index (Phi) is 8.45. The number of hydrogen-bond donors (Lipinski definition) is 3. The summed E-state index contributed by atoms with van der Waals surface area (Å²) in [5.41, 5.74) is -2.20. The summed E-state index contributed by atoms with van der Waals surface area (Å²) in [5.74, 6) is -1.91. The number of carboxylic acids is 1. The van der Waals surface area contributed by atoms with Crippen LogP contribution in [0.3, 0.4) is 0 Å². The number of alkyl carbamates (subject to hydrolysis) is 2. The highest BCUT2D eigenvalue weighted by molar-refractivity contribution is 5.91. The third-order valence-corrected chi connectivity index (χ3v) is 4.81. The molecule has 1 aromatic carbocycles. The predicted molar refractivity (Wildman–Crippen MR) is 115 cm³/mol. The molecule has 1 aliphatic heterocycles. The number of carbonyl (C=O) groups excluding carboxylic acids is 3. The molecule has 10 heteroatoms. The Morgan fingerprint density at radius 2 is 1.66 bits per heavy atom. The van der Waals surface area contributed by atoms with Crippen LogP contribution in [0.5, 0.6) is 0 Å². The summed E-state index contributed by atoms with van der Waals surface area (Å²) in [6.07, 6.45) is -0.769. The van der Waals surface area contributed by atoms with E-state index in [0.717, 1.165) is 12.8 Å². The summed E-state index contributed by atoms with van der Waals surface area (Å²) >= 11 is 0. The molecular formula is C22H31N3O7. The van der Waals surface area contributed by atoms with E-state index in [2.05, 4.69) is 10.6 Å². The van der Waals surface area contributed by atoms with E-state index in [4.69, 9.17) is 9.47 Å². The van der Waals surface area contributed by atoms with Crippen molar-refractivity contribution in [1.29, 1.82) is 0 Å². The minimum Gasteiger partial charge on any atom is -0.479 e. The fourth-order valence-electron chi connectivity index (χ4n) is 3.18. The van der Waals surface area contributed by atoms with Gasteiger partial charge >= 0.3 is 18.2 Å². The van der Waals surface area contributed by atoms with Gasteiger partial charge in [-0.3, -0.25) is 4.79 Å². The second-order valence-corrected chi connectivity index (χ2v) is 8.69. The molecule has 176 valence electrons. The van der Waals surface area contributed by atoms with E-state index in [-0.39, 0.29) is 6.61 Å². The smallest absolute Gasteiger partial charge is 0.408 e. The molecule has 0 unspecified atom stereocenters. The SMILES string of the molecule is CC(C)(C)OC(=O)NC[C@@](CC(=O)N1CCCC1)(NC(=O)OCc1ccccc1)C(=O)O. The average molecular weight is 450 g/mol. The van der Waals surface area contributed by atoms with Crippen molar-refractivity contribution in [2.24, 2.45) is 0 Å². The van der Waals surface area contributed by atoms with Gasteiger partial charge in [0.2, 0.25) is 5.91 Å². The van der Waals surface area contributed by atoms with Crippen LogP contribution in [0, 0.1) is 0 Å². The number of hydrogen-bond acceptors (Lipinski definition) is 6. The molecule has 10 nitrogen and oxygen atoms in total. The largest absolute Gasteiger partial charge is 0.479 e. The van der Waals surface area contributed by atoms with Gasteiger partial charge in [0.1, 0.15) is 12.2 Å². The third-order valence-electron chi connectivity index (χ3n) is 4.81. The summed E-state index contributed by atoms with van der Waals surface area (Å²) in [6.45, 7) is 5.38. The summed E-state index contributed by atoms with van der Waals surface area (Å²) < 4.78 is 10.3. The van der Waals surface area contributed by atoms with Gasteiger partial charge in [-0.25, -0.2) is 14.4 Å². The molecular weight excluding hydrogens is 418 g/mol. The van der Waals surface area contributed by atoms with E-state index < -0.39 is 48.2 Å². The number of aliphatic carboxylic acids is 1. The number of rotatable bonds is 8.